The van der Waals surface area contributed by atoms with E-state index >= 15 is 0 Å². The number of sulfone groups is 2. The molecule has 4 amide bonds. The van der Waals surface area contributed by atoms with Crippen molar-refractivity contribution < 1.29 is 45.5 Å². The predicted octanol–water partition coefficient (Wildman–Crippen LogP) is 6.90. The topological polar surface area (TPSA) is 177 Å². The normalized spacial score (nSPS) is 14.9. The van der Waals surface area contributed by atoms with Crippen LogP contribution in [0.25, 0.3) is 0 Å². The summed E-state index contributed by atoms with van der Waals surface area (Å²) in [6.45, 7) is 5.14. The Hall–Kier alpha value is -5.26. The van der Waals surface area contributed by atoms with Gasteiger partial charge in [0.1, 0.15) is 0 Å². The highest BCUT2D eigenvalue weighted by Gasteiger charge is 2.29. The Kier molecular flexibility index (Phi) is 18.8. The van der Waals surface area contributed by atoms with Crippen molar-refractivity contribution in [2.75, 3.05) is 73.6 Å². The molecule has 2 saturated heterocycles. The molecule has 1 N–H and O–H groups in total. The summed E-state index contributed by atoms with van der Waals surface area (Å²) in [7, 11) is -3.32. The minimum Gasteiger partial charge on any atom is -0.465 e. The van der Waals surface area contributed by atoms with Gasteiger partial charge in [-0.05, 0) is 73.5 Å². The molecule has 0 bridgehead atoms. The molecule has 14 nitrogen and oxygen atoms in total. The molecular formula is C43H53BrN4O10S2. The number of halogens is 1. The molecule has 2 aliphatic rings. The lowest BCUT2D eigenvalue weighted by molar-refractivity contribution is 0.0592. The van der Waals surface area contributed by atoms with Crippen LogP contribution in [0.15, 0.2) is 97.1 Å². The third-order valence-electron chi connectivity index (χ3n) is 9.37. The molecule has 0 aromatic heterocycles. The predicted molar refractivity (Wildman–Crippen MR) is 238 cm³/mol. The van der Waals surface area contributed by atoms with E-state index in [-0.39, 0.29) is 74.6 Å². The highest BCUT2D eigenvalue weighted by atomic mass is 79.9. The molecule has 0 spiro atoms. The van der Waals surface area contributed by atoms with E-state index in [0.717, 1.165) is 39.0 Å². The van der Waals surface area contributed by atoms with Crippen molar-refractivity contribution >= 4 is 71.0 Å². The van der Waals surface area contributed by atoms with Crippen LogP contribution in [0, 0.1) is 13.8 Å². The molecule has 4 aromatic rings. The van der Waals surface area contributed by atoms with Gasteiger partial charge in [0.25, 0.3) is 0 Å². The molecule has 2 heterocycles. The molecular weight excluding hydrogens is 877 g/mol. The van der Waals surface area contributed by atoms with Crippen LogP contribution in [0.5, 0.6) is 0 Å². The third-order valence-corrected chi connectivity index (χ3v) is 13.2. The summed E-state index contributed by atoms with van der Waals surface area (Å²) in [4.78, 5) is 52.4. The quantitative estimate of drug-likeness (QED) is 0.152. The fraction of sp³-hybridized carbons (Fsp3) is 0.349. The lowest BCUT2D eigenvalue weighted by atomic mass is 10.1. The molecule has 0 saturated carbocycles. The van der Waals surface area contributed by atoms with E-state index in [2.05, 4.69) is 26.0 Å². The van der Waals surface area contributed by atoms with E-state index in [9.17, 15) is 36.0 Å². The summed E-state index contributed by atoms with van der Waals surface area (Å²) in [6, 6.07) is 28.8. The van der Waals surface area contributed by atoms with Crippen LogP contribution in [-0.4, -0.2) is 114 Å². The minimum atomic E-state index is -3.08. The number of esters is 2. The van der Waals surface area contributed by atoms with Gasteiger partial charge >= 0.3 is 24.0 Å². The molecule has 6 rings (SSSR count). The highest BCUT2D eigenvalue weighted by molar-refractivity contribution is 9.08. The summed E-state index contributed by atoms with van der Waals surface area (Å²) >= 11 is 3.32. The number of benzene rings is 4. The molecule has 60 heavy (non-hydrogen) atoms. The first kappa shape index (κ1) is 49.1. The number of methoxy groups -OCH3 is 2. The van der Waals surface area contributed by atoms with Crippen LogP contribution >= 0.6 is 15.9 Å². The first-order chi connectivity index (χ1) is 28.0. The summed E-state index contributed by atoms with van der Waals surface area (Å²) in [5.41, 5.74) is 6.65. The van der Waals surface area contributed by atoms with E-state index < -0.39 is 25.6 Å². The number of urea groups is 2. The number of alkyl halides is 1. The van der Waals surface area contributed by atoms with Crippen molar-refractivity contribution in [1.82, 2.24) is 9.80 Å². The van der Waals surface area contributed by atoms with Crippen molar-refractivity contribution in [2.45, 2.75) is 33.1 Å². The number of carbonyl (C=O) groups excluding carboxylic acids is 4. The van der Waals surface area contributed by atoms with Crippen LogP contribution in [-0.2, 0) is 41.0 Å². The van der Waals surface area contributed by atoms with Crippen LogP contribution in [0.4, 0.5) is 21.0 Å². The molecule has 0 aliphatic carbocycles. The maximum atomic E-state index is 13.2. The van der Waals surface area contributed by atoms with Gasteiger partial charge in [-0.1, -0.05) is 83.0 Å². The highest BCUT2D eigenvalue weighted by Crippen LogP contribution is 2.22. The lowest BCUT2D eigenvalue weighted by Gasteiger charge is -2.33. The van der Waals surface area contributed by atoms with Gasteiger partial charge in [-0.2, -0.15) is 0 Å². The zero-order valence-corrected chi connectivity index (χ0v) is 36.6. The monoisotopic (exact) mass is 928 g/mol. The van der Waals surface area contributed by atoms with Crippen molar-refractivity contribution in [3.05, 3.63) is 130 Å². The number of carbonyl (C=O) groups is 4. The van der Waals surface area contributed by atoms with Crippen molar-refractivity contribution in [2.24, 2.45) is 0 Å². The Bertz CT molecular complexity index is 2240. The molecule has 4 aromatic carbocycles. The van der Waals surface area contributed by atoms with Gasteiger partial charge in [0.2, 0.25) is 0 Å². The van der Waals surface area contributed by atoms with Crippen LogP contribution in [0.3, 0.4) is 0 Å². The van der Waals surface area contributed by atoms with Gasteiger partial charge in [0, 0.05) is 42.9 Å². The maximum absolute atomic E-state index is 13.2. The van der Waals surface area contributed by atoms with E-state index in [1.165, 1.54) is 19.1 Å². The number of nitrogens with one attached hydrogen (secondary N) is 1. The van der Waals surface area contributed by atoms with Crippen molar-refractivity contribution in [1.29, 1.82) is 0 Å². The Labute approximate surface area is 361 Å². The molecule has 0 unspecified atom stereocenters. The molecule has 2 aliphatic heterocycles. The van der Waals surface area contributed by atoms with Gasteiger partial charge in [-0.3, -0.25) is 4.90 Å². The SMILES string of the molecule is C.COC(=O)c1ccc(CBr)cc1.COC(=O)c1ccc(CN(C(=O)N2CCS(=O)(=O)CC2)c2ccc(C)cc2)cc1.Cc1ccc(NC(=O)N2CCS(=O)(=O)CC2)cc1. The van der Waals surface area contributed by atoms with E-state index in [1.807, 2.05) is 74.5 Å². The average molecular weight is 930 g/mol. The van der Waals surface area contributed by atoms with Crippen LogP contribution < -0.4 is 10.2 Å². The number of rotatable bonds is 7. The zero-order chi connectivity index (χ0) is 43.2. The average Bonchev–Trinajstić information content (AvgIpc) is 3.24. The molecule has 324 valence electrons. The summed E-state index contributed by atoms with van der Waals surface area (Å²) in [5, 5.41) is 3.56. The first-order valence-electron chi connectivity index (χ1n) is 18.6. The van der Waals surface area contributed by atoms with Gasteiger partial charge in [0.05, 0.1) is 54.9 Å². The summed E-state index contributed by atoms with van der Waals surface area (Å²) in [6.07, 6.45) is 0. The minimum absolute atomic E-state index is 0. The number of hydrogen-bond acceptors (Lipinski definition) is 10. The molecule has 0 radical (unpaired) electrons. The summed E-state index contributed by atoms with van der Waals surface area (Å²) < 4.78 is 55.2. The maximum Gasteiger partial charge on any atom is 0.337 e. The van der Waals surface area contributed by atoms with Crippen molar-refractivity contribution in [3.8, 4) is 0 Å². The van der Waals surface area contributed by atoms with Crippen LogP contribution in [0.2, 0.25) is 0 Å². The van der Waals surface area contributed by atoms with E-state index in [4.69, 9.17) is 4.74 Å². The fourth-order valence-corrected chi connectivity index (χ4v) is 8.49. The van der Waals surface area contributed by atoms with Gasteiger partial charge in [-0.15, -0.1) is 0 Å². The van der Waals surface area contributed by atoms with Crippen molar-refractivity contribution in [3.63, 3.8) is 0 Å². The largest absolute Gasteiger partial charge is 0.465 e. The summed E-state index contributed by atoms with van der Waals surface area (Å²) in [5.74, 6) is -0.653. The molecule has 0 atom stereocenters. The molecule has 17 heteroatoms. The van der Waals surface area contributed by atoms with Crippen LogP contribution in [0.1, 0.15) is 50.4 Å². The Morgan fingerprint density at radius 2 is 1.02 bits per heavy atom. The Morgan fingerprint density at radius 1 is 0.617 bits per heavy atom. The Balaban J connectivity index is 0.000000264. The Morgan fingerprint density at radius 3 is 1.43 bits per heavy atom. The zero-order valence-electron chi connectivity index (χ0n) is 33.4. The van der Waals surface area contributed by atoms with E-state index in [1.54, 1.807) is 46.2 Å². The number of hydrogen-bond donors (Lipinski definition) is 1. The second-order valence-electron chi connectivity index (χ2n) is 13.8. The standard InChI is InChI=1S/C21H24N2O5S.C12H16N2O3S.C9H9BrO2.CH4/c1-16-3-9-19(10-4-16)23(21(25)22-11-13-29(26,27)14-12-22)15-17-5-7-18(8-6-17)20(24)28-2;1-10-2-4-11(5-3-10)13-12(15)14-6-8-18(16,17)9-7-14;1-12-9(11)8-4-2-7(6-10)3-5-8;/h3-10H,11-15H2,1-2H3;2-5H,6-9H2,1H3,(H,13,15);2-5H,6H2,1H3;1H4. The number of anilines is 2. The van der Waals surface area contributed by atoms with Gasteiger partial charge in [0.15, 0.2) is 19.7 Å². The number of amides is 4. The van der Waals surface area contributed by atoms with E-state index in [0.29, 0.717) is 17.7 Å². The number of nitrogens with zero attached hydrogens (tertiary/aromatic N) is 3. The number of ether oxygens (including phenoxy) is 2. The van der Waals surface area contributed by atoms with Gasteiger partial charge in [-0.25, -0.2) is 36.0 Å². The second kappa shape index (κ2) is 22.9. The fourth-order valence-electron chi connectivity index (χ4n) is 5.72. The second-order valence-corrected chi connectivity index (χ2v) is 19.0. The molecule has 2 fully saturated rings. The smallest absolute Gasteiger partial charge is 0.337 e. The number of aryl methyl sites for hydroxylation is 2. The third kappa shape index (κ3) is 15.1. The van der Waals surface area contributed by atoms with Gasteiger partial charge < -0.3 is 24.6 Å². The lowest BCUT2D eigenvalue weighted by Crippen LogP contribution is -2.49. The first-order valence-corrected chi connectivity index (χ1v) is 23.4.